The third-order valence-electron chi connectivity index (χ3n) is 5.02. The Balaban J connectivity index is 1.92. The zero-order chi connectivity index (χ0) is 24.5. The highest BCUT2D eigenvalue weighted by molar-refractivity contribution is 7.16. The molecular formula is C25H28N2O6S. The smallest absolute Gasteiger partial charge is 0.338 e. The summed E-state index contributed by atoms with van der Waals surface area (Å²) in [6.07, 6.45) is 3.21. The molecule has 0 spiro atoms. The Morgan fingerprint density at radius 2 is 1.74 bits per heavy atom. The highest BCUT2D eigenvalue weighted by atomic mass is 32.1. The second-order valence-corrected chi connectivity index (χ2v) is 8.46. The van der Waals surface area contributed by atoms with Gasteiger partial charge in [-0.15, -0.1) is 0 Å². The summed E-state index contributed by atoms with van der Waals surface area (Å²) in [5.74, 6) is -0.674. The molecule has 0 unspecified atom stereocenters. The van der Waals surface area contributed by atoms with Gasteiger partial charge in [0.05, 0.1) is 36.1 Å². The lowest BCUT2D eigenvalue weighted by atomic mass is 10.2. The number of carbonyl (C=O) groups excluding carboxylic acids is 3. The first kappa shape index (κ1) is 25.2. The molecule has 3 rings (SSSR count). The number of amides is 1. The summed E-state index contributed by atoms with van der Waals surface area (Å²) in [5, 5.41) is 0. The molecule has 8 nitrogen and oxygen atoms in total. The number of esters is 2. The van der Waals surface area contributed by atoms with E-state index in [0.717, 1.165) is 19.3 Å². The average molecular weight is 485 g/mol. The van der Waals surface area contributed by atoms with Crippen molar-refractivity contribution in [3.05, 3.63) is 58.4 Å². The van der Waals surface area contributed by atoms with Crippen molar-refractivity contribution in [2.75, 3.05) is 20.3 Å². The first-order valence-electron chi connectivity index (χ1n) is 11.2. The number of hydrogen-bond acceptors (Lipinski definition) is 7. The number of thiazole rings is 1. The van der Waals surface area contributed by atoms with Crippen LogP contribution in [0.4, 0.5) is 0 Å². The SMILES string of the molecule is CCCCCOc1ccc(C(=O)N=c2sc3cc(C(=O)OCC)ccc3n2CC(=O)OC)cc1. The molecule has 2 aromatic carbocycles. The van der Waals surface area contributed by atoms with Crippen LogP contribution >= 0.6 is 11.3 Å². The minimum atomic E-state index is -0.479. The summed E-state index contributed by atoms with van der Waals surface area (Å²) < 4.78 is 17.8. The van der Waals surface area contributed by atoms with Gasteiger partial charge in [0.1, 0.15) is 12.3 Å². The number of unbranched alkanes of at least 4 members (excludes halogenated alkanes) is 2. The van der Waals surface area contributed by atoms with E-state index in [2.05, 4.69) is 11.9 Å². The summed E-state index contributed by atoms with van der Waals surface area (Å²) in [5.41, 5.74) is 1.44. The van der Waals surface area contributed by atoms with Crippen molar-refractivity contribution in [2.45, 2.75) is 39.7 Å². The molecule has 0 N–H and O–H groups in total. The molecule has 0 aliphatic rings. The molecule has 0 aliphatic carbocycles. The molecule has 1 aromatic heterocycles. The van der Waals surface area contributed by atoms with E-state index < -0.39 is 17.8 Å². The molecule has 1 heterocycles. The van der Waals surface area contributed by atoms with Crippen molar-refractivity contribution in [3.63, 3.8) is 0 Å². The van der Waals surface area contributed by atoms with Gasteiger partial charge in [-0.2, -0.15) is 4.99 Å². The molecule has 0 saturated heterocycles. The van der Waals surface area contributed by atoms with E-state index in [1.165, 1.54) is 18.4 Å². The maximum absolute atomic E-state index is 12.9. The lowest BCUT2D eigenvalue weighted by Crippen LogP contribution is -2.22. The molecule has 0 aliphatic heterocycles. The van der Waals surface area contributed by atoms with Crippen LogP contribution in [0.3, 0.4) is 0 Å². The Bertz CT molecular complexity index is 1230. The zero-order valence-corrected chi connectivity index (χ0v) is 20.4. The van der Waals surface area contributed by atoms with Gasteiger partial charge in [0.2, 0.25) is 0 Å². The largest absolute Gasteiger partial charge is 0.494 e. The van der Waals surface area contributed by atoms with E-state index in [-0.39, 0.29) is 13.2 Å². The van der Waals surface area contributed by atoms with Crippen molar-refractivity contribution in [1.82, 2.24) is 4.57 Å². The van der Waals surface area contributed by atoms with E-state index in [9.17, 15) is 14.4 Å². The fourth-order valence-electron chi connectivity index (χ4n) is 3.23. The number of ether oxygens (including phenoxy) is 3. The molecule has 3 aromatic rings. The van der Waals surface area contributed by atoms with Crippen molar-refractivity contribution in [1.29, 1.82) is 0 Å². The highest BCUT2D eigenvalue weighted by Crippen LogP contribution is 2.21. The molecule has 0 atom stereocenters. The minimum Gasteiger partial charge on any atom is -0.494 e. The highest BCUT2D eigenvalue weighted by Gasteiger charge is 2.15. The Labute approximate surface area is 201 Å². The van der Waals surface area contributed by atoms with E-state index in [1.807, 2.05) is 0 Å². The van der Waals surface area contributed by atoms with Crippen LogP contribution in [0.5, 0.6) is 5.75 Å². The van der Waals surface area contributed by atoms with Gasteiger partial charge in [-0.3, -0.25) is 9.59 Å². The number of aromatic nitrogens is 1. The Kier molecular flexibility index (Phi) is 8.98. The maximum Gasteiger partial charge on any atom is 0.338 e. The van der Waals surface area contributed by atoms with E-state index in [0.29, 0.717) is 38.5 Å². The minimum absolute atomic E-state index is 0.119. The predicted molar refractivity (Wildman–Crippen MR) is 129 cm³/mol. The van der Waals surface area contributed by atoms with Crippen molar-refractivity contribution in [2.24, 2.45) is 4.99 Å². The molecule has 180 valence electrons. The summed E-state index contributed by atoms with van der Waals surface area (Å²) in [4.78, 5) is 41.6. The van der Waals surface area contributed by atoms with Gasteiger partial charge in [0, 0.05) is 5.56 Å². The number of rotatable bonds is 10. The van der Waals surface area contributed by atoms with Gasteiger partial charge in [-0.25, -0.2) is 4.79 Å². The third-order valence-corrected chi connectivity index (χ3v) is 6.06. The quantitative estimate of drug-likeness (QED) is 0.313. The molecular weight excluding hydrogens is 456 g/mol. The predicted octanol–water partition coefficient (Wildman–Crippen LogP) is 4.36. The van der Waals surface area contributed by atoms with Gasteiger partial charge in [-0.05, 0) is 55.8 Å². The van der Waals surface area contributed by atoms with E-state index >= 15 is 0 Å². The lowest BCUT2D eigenvalue weighted by Gasteiger charge is -2.06. The van der Waals surface area contributed by atoms with Crippen LogP contribution in [0, 0.1) is 0 Å². The van der Waals surface area contributed by atoms with Gasteiger partial charge in [-0.1, -0.05) is 31.1 Å². The standard InChI is InChI=1S/C25H28N2O6S/c1-4-6-7-14-33-19-11-8-17(9-12-19)23(29)26-25-27(16-22(28)31-3)20-13-10-18(15-21(20)34-25)24(30)32-5-2/h8-13,15H,4-7,14,16H2,1-3H3. The molecule has 0 fully saturated rings. The molecule has 0 bridgehead atoms. The fourth-order valence-corrected chi connectivity index (χ4v) is 4.30. The van der Waals surface area contributed by atoms with E-state index in [4.69, 9.17) is 14.2 Å². The number of benzene rings is 2. The van der Waals surface area contributed by atoms with Crippen LogP contribution in [-0.4, -0.2) is 42.7 Å². The molecule has 34 heavy (non-hydrogen) atoms. The molecule has 1 amide bonds. The average Bonchev–Trinajstić information content (AvgIpc) is 3.18. The topological polar surface area (TPSA) is 96.2 Å². The van der Waals surface area contributed by atoms with Gasteiger partial charge >= 0.3 is 11.9 Å². The Morgan fingerprint density at radius 1 is 1.00 bits per heavy atom. The molecule has 0 saturated carbocycles. The van der Waals surface area contributed by atoms with Crippen LogP contribution in [0.1, 0.15) is 53.8 Å². The zero-order valence-electron chi connectivity index (χ0n) is 19.5. The number of fused-ring (bicyclic) bond motifs is 1. The first-order valence-corrected chi connectivity index (χ1v) is 12.0. The number of methoxy groups -OCH3 is 1. The van der Waals surface area contributed by atoms with Crippen LogP contribution in [0.25, 0.3) is 10.2 Å². The summed E-state index contributed by atoms with van der Waals surface area (Å²) in [7, 11) is 1.30. The van der Waals surface area contributed by atoms with Crippen LogP contribution in [0.15, 0.2) is 47.5 Å². The third kappa shape index (κ3) is 6.32. The van der Waals surface area contributed by atoms with Gasteiger partial charge in [0.25, 0.3) is 5.91 Å². The fraction of sp³-hybridized carbons (Fsp3) is 0.360. The lowest BCUT2D eigenvalue weighted by molar-refractivity contribution is -0.141. The first-order chi connectivity index (χ1) is 16.5. The van der Waals surface area contributed by atoms with Gasteiger partial charge in [0.15, 0.2) is 4.80 Å². The Hall–Kier alpha value is -3.46. The second-order valence-electron chi connectivity index (χ2n) is 7.45. The van der Waals surface area contributed by atoms with E-state index in [1.54, 1.807) is 54.0 Å². The van der Waals surface area contributed by atoms with Crippen LogP contribution in [-0.2, 0) is 20.8 Å². The van der Waals surface area contributed by atoms with Crippen LogP contribution < -0.4 is 9.54 Å². The number of nitrogens with zero attached hydrogens (tertiary/aromatic N) is 2. The number of carbonyl (C=O) groups is 3. The van der Waals surface area contributed by atoms with Crippen LogP contribution in [0.2, 0.25) is 0 Å². The van der Waals surface area contributed by atoms with Gasteiger partial charge < -0.3 is 18.8 Å². The summed E-state index contributed by atoms with van der Waals surface area (Å²) in [6.45, 7) is 4.65. The number of hydrogen-bond donors (Lipinski definition) is 0. The van der Waals surface area contributed by atoms with Crippen molar-refractivity contribution < 1.29 is 28.6 Å². The summed E-state index contributed by atoms with van der Waals surface area (Å²) in [6, 6.07) is 11.8. The monoisotopic (exact) mass is 484 g/mol. The second kappa shape index (κ2) is 12.1. The Morgan fingerprint density at radius 3 is 2.41 bits per heavy atom. The van der Waals surface area contributed by atoms with Crippen molar-refractivity contribution in [3.8, 4) is 5.75 Å². The molecule has 9 heteroatoms. The normalized spacial score (nSPS) is 11.4. The maximum atomic E-state index is 12.9. The summed E-state index contributed by atoms with van der Waals surface area (Å²) >= 11 is 1.20. The molecule has 0 radical (unpaired) electrons. The van der Waals surface area contributed by atoms with Crippen molar-refractivity contribution >= 4 is 39.4 Å².